The number of aromatic nitrogens is 2. The number of nitrogens with zero attached hydrogens (tertiary/aromatic N) is 4. The van der Waals surface area contributed by atoms with Crippen molar-refractivity contribution in [2.45, 2.75) is 62.9 Å². The number of nitrogens with one attached hydrogen (secondary N) is 1. The highest BCUT2D eigenvalue weighted by molar-refractivity contribution is 6.74. The number of H-pyrrole nitrogens is 1. The van der Waals surface area contributed by atoms with Crippen molar-refractivity contribution in [1.29, 1.82) is 0 Å². The lowest BCUT2D eigenvalue weighted by atomic mass is 9.98. The SMILES string of the molecule is CC(C)(C)[Si](C)(C)OC[C@]12CO[C@H](C1N=[N+]=[N-])[C@H](n1ccc(=O)[nH]c1=O)O2. The first kappa shape index (κ1) is 19.8. The lowest BCUT2D eigenvalue weighted by molar-refractivity contribution is -0.183. The molecule has 2 fully saturated rings. The summed E-state index contributed by atoms with van der Waals surface area (Å²) in [6.45, 7) is 11.1. The van der Waals surface area contributed by atoms with Gasteiger partial charge in [-0.2, -0.15) is 0 Å². The van der Waals surface area contributed by atoms with Crippen LogP contribution in [0.3, 0.4) is 0 Å². The first-order valence-corrected chi connectivity index (χ1v) is 11.7. The summed E-state index contributed by atoms with van der Waals surface area (Å²) in [5.41, 5.74) is 6.94. The fraction of sp³-hybridized carbons (Fsp3) is 0.750. The summed E-state index contributed by atoms with van der Waals surface area (Å²) in [6.07, 6.45) is -0.0834. The molecule has 27 heavy (non-hydrogen) atoms. The maximum absolute atomic E-state index is 12.2. The van der Waals surface area contributed by atoms with Crippen LogP contribution in [0.5, 0.6) is 0 Å². The van der Waals surface area contributed by atoms with E-state index in [0.29, 0.717) is 0 Å². The zero-order valence-electron chi connectivity index (χ0n) is 16.1. The van der Waals surface area contributed by atoms with Gasteiger partial charge in [0.25, 0.3) is 5.56 Å². The Kier molecular flexibility index (Phi) is 4.85. The van der Waals surface area contributed by atoms with Crippen LogP contribution < -0.4 is 11.2 Å². The van der Waals surface area contributed by atoms with Crippen molar-refractivity contribution in [3.63, 3.8) is 0 Å². The van der Waals surface area contributed by atoms with E-state index in [2.05, 4.69) is 48.9 Å². The average Bonchev–Trinajstić information content (AvgIpc) is 3.05. The van der Waals surface area contributed by atoms with Gasteiger partial charge >= 0.3 is 5.69 Å². The molecular weight excluding hydrogens is 370 g/mol. The van der Waals surface area contributed by atoms with E-state index in [-0.39, 0.29) is 18.3 Å². The molecule has 0 amide bonds. The van der Waals surface area contributed by atoms with Gasteiger partial charge in [0, 0.05) is 17.2 Å². The van der Waals surface area contributed by atoms with Gasteiger partial charge in [0.05, 0.1) is 13.2 Å². The third kappa shape index (κ3) is 3.37. The summed E-state index contributed by atoms with van der Waals surface area (Å²) in [4.78, 5) is 28.6. The summed E-state index contributed by atoms with van der Waals surface area (Å²) >= 11 is 0. The third-order valence-corrected chi connectivity index (χ3v) is 10.3. The van der Waals surface area contributed by atoms with E-state index in [4.69, 9.17) is 19.4 Å². The molecule has 3 heterocycles. The van der Waals surface area contributed by atoms with E-state index in [1.807, 2.05) is 0 Å². The van der Waals surface area contributed by atoms with Crippen LogP contribution >= 0.6 is 0 Å². The molecule has 148 valence electrons. The van der Waals surface area contributed by atoms with Crippen LogP contribution in [0.15, 0.2) is 27.0 Å². The van der Waals surface area contributed by atoms with Crippen molar-refractivity contribution in [3.8, 4) is 0 Å². The number of aromatic amines is 1. The van der Waals surface area contributed by atoms with Crippen LogP contribution in [0.1, 0.15) is 27.0 Å². The number of ether oxygens (including phenoxy) is 2. The number of azide groups is 1. The van der Waals surface area contributed by atoms with E-state index < -0.39 is 43.5 Å². The molecule has 0 aliphatic carbocycles. The molecule has 0 aromatic carbocycles. The van der Waals surface area contributed by atoms with Crippen molar-refractivity contribution >= 4 is 8.32 Å². The van der Waals surface area contributed by atoms with E-state index in [0.717, 1.165) is 0 Å². The smallest absolute Gasteiger partial charge is 0.330 e. The Hall–Kier alpha value is -1.91. The quantitative estimate of drug-likeness (QED) is 0.352. The van der Waals surface area contributed by atoms with Gasteiger partial charge in [-0.25, -0.2) is 4.79 Å². The highest BCUT2D eigenvalue weighted by atomic mass is 28.4. The number of hydrogen-bond donors (Lipinski definition) is 1. The van der Waals surface area contributed by atoms with E-state index in [9.17, 15) is 9.59 Å². The topological polar surface area (TPSA) is 131 Å². The second kappa shape index (κ2) is 6.61. The Bertz CT molecular complexity index is 884. The monoisotopic (exact) mass is 395 g/mol. The summed E-state index contributed by atoms with van der Waals surface area (Å²) in [5.74, 6) is 0. The Morgan fingerprint density at radius 1 is 1.48 bits per heavy atom. The van der Waals surface area contributed by atoms with Gasteiger partial charge in [0.2, 0.25) is 0 Å². The molecule has 2 saturated heterocycles. The molecule has 1 aromatic heterocycles. The highest BCUT2D eigenvalue weighted by Gasteiger charge is 2.62. The van der Waals surface area contributed by atoms with Crippen LogP contribution in [-0.4, -0.2) is 48.8 Å². The van der Waals surface area contributed by atoms with Crippen molar-refractivity contribution in [3.05, 3.63) is 43.5 Å². The lowest BCUT2D eigenvalue weighted by Crippen LogP contribution is -2.50. The first-order valence-electron chi connectivity index (χ1n) is 8.80. The molecule has 0 radical (unpaired) electrons. The maximum atomic E-state index is 12.2. The summed E-state index contributed by atoms with van der Waals surface area (Å²) in [6, 6.07) is 0.606. The Morgan fingerprint density at radius 3 is 2.78 bits per heavy atom. The second-order valence-corrected chi connectivity index (χ2v) is 13.4. The van der Waals surface area contributed by atoms with Gasteiger partial charge in [-0.1, -0.05) is 25.9 Å². The van der Waals surface area contributed by atoms with Gasteiger partial charge in [-0.3, -0.25) is 14.3 Å². The lowest BCUT2D eigenvalue weighted by Gasteiger charge is -2.40. The van der Waals surface area contributed by atoms with Gasteiger partial charge in [-0.05, 0) is 23.7 Å². The molecule has 1 N–H and O–H groups in total. The molecule has 1 aromatic rings. The molecule has 10 nitrogen and oxygen atoms in total. The zero-order chi connectivity index (χ0) is 20.0. The molecule has 3 rings (SSSR count). The Balaban J connectivity index is 1.91. The predicted octanol–water partition coefficient (Wildman–Crippen LogP) is 1.90. The maximum Gasteiger partial charge on any atom is 0.330 e. The molecule has 1 unspecified atom stereocenters. The van der Waals surface area contributed by atoms with E-state index >= 15 is 0 Å². The fourth-order valence-electron chi connectivity index (χ4n) is 3.11. The molecule has 0 saturated carbocycles. The van der Waals surface area contributed by atoms with Gasteiger partial charge in [0.1, 0.15) is 17.7 Å². The van der Waals surface area contributed by atoms with Gasteiger partial charge < -0.3 is 13.9 Å². The molecule has 0 spiro atoms. The summed E-state index contributed by atoms with van der Waals surface area (Å²) < 4.78 is 19.6. The van der Waals surface area contributed by atoms with Gasteiger partial charge in [0.15, 0.2) is 14.5 Å². The van der Waals surface area contributed by atoms with Crippen LogP contribution in [0, 0.1) is 0 Å². The average molecular weight is 395 g/mol. The second-order valence-electron chi connectivity index (χ2n) is 8.56. The Labute approximate surface area is 157 Å². The summed E-state index contributed by atoms with van der Waals surface area (Å²) in [5, 5.41) is 3.89. The molecule has 4 atom stereocenters. The Morgan fingerprint density at radius 2 is 2.19 bits per heavy atom. The standard InChI is InChI=1S/C16H25N5O5Si/c1-15(2,3)27(4,5)25-9-16-8-24-11(12(16)19-20-17)13(26-16)21-7-6-10(22)18-14(21)23/h6-7,11-13H,8-9H2,1-5H3,(H,18,22,23)/t11-,12?,13-,16-/m1/s1. The number of hydrogen-bond acceptors (Lipinski definition) is 6. The third-order valence-electron chi connectivity index (χ3n) is 5.79. The van der Waals surface area contributed by atoms with Crippen LogP contribution in [0.4, 0.5) is 0 Å². The largest absolute Gasteiger partial charge is 0.414 e. The number of rotatable bonds is 5. The minimum Gasteiger partial charge on any atom is -0.414 e. The molecule has 2 aliphatic heterocycles. The molecular formula is C16H25N5O5Si. The van der Waals surface area contributed by atoms with Crippen LogP contribution in [-0.2, 0) is 13.9 Å². The minimum atomic E-state index is -2.08. The van der Waals surface area contributed by atoms with Crippen molar-refractivity contribution in [1.82, 2.24) is 9.55 Å². The molecule has 11 heteroatoms. The predicted molar refractivity (Wildman–Crippen MR) is 100.0 cm³/mol. The van der Waals surface area contributed by atoms with Crippen molar-refractivity contribution in [2.75, 3.05) is 13.2 Å². The minimum absolute atomic E-state index is 0.00432. The highest BCUT2D eigenvalue weighted by Crippen LogP contribution is 2.47. The normalized spacial score (nSPS) is 30.3. The van der Waals surface area contributed by atoms with Crippen molar-refractivity contribution < 1.29 is 13.9 Å². The van der Waals surface area contributed by atoms with Gasteiger partial charge in [-0.15, -0.1) is 0 Å². The fourth-order valence-corrected chi connectivity index (χ4v) is 4.15. The summed E-state index contributed by atoms with van der Waals surface area (Å²) in [7, 11) is -2.08. The zero-order valence-corrected chi connectivity index (χ0v) is 17.1. The van der Waals surface area contributed by atoms with Crippen LogP contribution in [0.2, 0.25) is 18.1 Å². The number of fused-ring (bicyclic) bond motifs is 2. The van der Waals surface area contributed by atoms with E-state index in [1.165, 1.54) is 16.8 Å². The molecule has 2 aliphatic rings. The first-order chi connectivity index (χ1) is 12.5. The molecule has 2 bridgehead atoms. The van der Waals surface area contributed by atoms with Crippen molar-refractivity contribution in [2.24, 2.45) is 5.11 Å². The van der Waals surface area contributed by atoms with Crippen LogP contribution in [0.25, 0.3) is 10.4 Å². The van der Waals surface area contributed by atoms with E-state index in [1.54, 1.807) is 0 Å².